The Kier molecular flexibility index (Phi) is 5.90. The van der Waals surface area contributed by atoms with Crippen LogP contribution in [0.25, 0.3) is 5.82 Å². The second kappa shape index (κ2) is 8.33. The number of rotatable bonds is 8. The summed E-state index contributed by atoms with van der Waals surface area (Å²) in [5, 5.41) is 11.6. The van der Waals surface area contributed by atoms with Gasteiger partial charge >= 0.3 is 0 Å². The molecule has 0 fully saturated rings. The molecule has 0 saturated carbocycles. The van der Waals surface area contributed by atoms with Gasteiger partial charge in [-0.1, -0.05) is 13.8 Å². The molecule has 0 saturated heterocycles. The van der Waals surface area contributed by atoms with Crippen LogP contribution in [0, 0.1) is 0 Å². The summed E-state index contributed by atoms with van der Waals surface area (Å²) in [6.07, 6.45) is 5.46. The van der Waals surface area contributed by atoms with Gasteiger partial charge in [0, 0.05) is 26.0 Å². The standard InChI is InChI=1S/C19H25N5OS/c1-4-23(5-2)17(15-8-11-26-14-15)13-20-18(25)16-12-21-22(3)19(16)24-9-6-7-10-24/h6-12,14,17H,4-5,13H2,1-3H3,(H,20,25)/t17-/m0/s1. The number of thiophene rings is 1. The normalized spacial score (nSPS) is 12.5. The fourth-order valence-electron chi connectivity index (χ4n) is 3.24. The van der Waals surface area contributed by atoms with Crippen molar-refractivity contribution in [3.8, 4) is 5.82 Å². The van der Waals surface area contributed by atoms with Crippen LogP contribution >= 0.6 is 11.3 Å². The molecule has 0 aliphatic carbocycles. The molecule has 3 rings (SSSR count). The van der Waals surface area contributed by atoms with E-state index in [1.807, 2.05) is 36.1 Å². The average molecular weight is 372 g/mol. The Labute approximate surface area is 158 Å². The van der Waals surface area contributed by atoms with Gasteiger partial charge in [-0.15, -0.1) is 0 Å². The Morgan fingerprint density at radius 1 is 1.31 bits per heavy atom. The largest absolute Gasteiger partial charge is 0.350 e. The van der Waals surface area contributed by atoms with Gasteiger partial charge in [0.25, 0.3) is 5.91 Å². The van der Waals surface area contributed by atoms with Crippen LogP contribution < -0.4 is 5.32 Å². The molecule has 3 aromatic rings. The van der Waals surface area contributed by atoms with Crippen molar-refractivity contribution in [2.75, 3.05) is 19.6 Å². The summed E-state index contributed by atoms with van der Waals surface area (Å²) in [5.41, 5.74) is 1.82. The highest BCUT2D eigenvalue weighted by Gasteiger charge is 2.22. The minimum absolute atomic E-state index is 0.103. The van der Waals surface area contributed by atoms with E-state index in [4.69, 9.17) is 0 Å². The molecule has 0 unspecified atom stereocenters. The monoisotopic (exact) mass is 371 g/mol. The Morgan fingerprint density at radius 2 is 2.04 bits per heavy atom. The van der Waals surface area contributed by atoms with Crippen molar-refractivity contribution in [2.24, 2.45) is 7.05 Å². The number of hydrogen-bond donors (Lipinski definition) is 1. The lowest BCUT2D eigenvalue weighted by atomic mass is 10.1. The zero-order valence-corrected chi connectivity index (χ0v) is 16.2. The first-order valence-electron chi connectivity index (χ1n) is 8.85. The SMILES string of the molecule is CCN(CC)[C@@H](CNC(=O)c1cnn(C)c1-n1cccc1)c1ccsc1. The van der Waals surface area contributed by atoms with Crippen LogP contribution in [0.3, 0.4) is 0 Å². The molecule has 1 atom stereocenters. The number of aryl methyl sites for hydroxylation is 1. The van der Waals surface area contributed by atoms with Gasteiger partial charge in [-0.25, -0.2) is 0 Å². The topological polar surface area (TPSA) is 55.1 Å². The van der Waals surface area contributed by atoms with Crippen molar-refractivity contribution < 1.29 is 4.79 Å². The Bertz CT molecular complexity index is 818. The molecule has 26 heavy (non-hydrogen) atoms. The van der Waals surface area contributed by atoms with Crippen LogP contribution in [0.1, 0.15) is 35.8 Å². The molecule has 0 radical (unpaired) electrons. The molecule has 0 aliphatic rings. The van der Waals surface area contributed by atoms with Gasteiger partial charge in [-0.2, -0.15) is 16.4 Å². The van der Waals surface area contributed by atoms with Crippen molar-refractivity contribution in [3.63, 3.8) is 0 Å². The number of likely N-dealkylation sites (N-methyl/N-ethyl adjacent to an activating group) is 1. The Morgan fingerprint density at radius 3 is 2.65 bits per heavy atom. The number of amides is 1. The minimum atomic E-state index is -0.103. The van der Waals surface area contributed by atoms with E-state index in [2.05, 4.69) is 46.0 Å². The molecule has 138 valence electrons. The lowest BCUT2D eigenvalue weighted by Gasteiger charge is -2.29. The summed E-state index contributed by atoms with van der Waals surface area (Å²) < 4.78 is 3.62. The van der Waals surface area contributed by atoms with Crippen LogP contribution in [0.4, 0.5) is 0 Å². The fourth-order valence-corrected chi connectivity index (χ4v) is 3.95. The van der Waals surface area contributed by atoms with Crippen LogP contribution in [-0.4, -0.2) is 44.8 Å². The molecule has 0 aliphatic heterocycles. The number of carbonyl (C=O) groups is 1. The molecule has 7 heteroatoms. The first-order chi connectivity index (χ1) is 12.7. The molecule has 1 amide bonds. The number of carbonyl (C=O) groups excluding carboxylic acids is 1. The van der Waals surface area contributed by atoms with Crippen molar-refractivity contribution in [1.82, 2.24) is 24.6 Å². The second-order valence-electron chi connectivity index (χ2n) is 6.10. The highest BCUT2D eigenvalue weighted by molar-refractivity contribution is 7.07. The molecular weight excluding hydrogens is 346 g/mol. The molecule has 0 spiro atoms. The zero-order chi connectivity index (χ0) is 18.5. The van der Waals surface area contributed by atoms with Gasteiger partial charge in [0.2, 0.25) is 0 Å². The quantitative estimate of drug-likeness (QED) is 0.662. The van der Waals surface area contributed by atoms with Crippen LogP contribution in [-0.2, 0) is 7.05 Å². The zero-order valence-electron chi connectivity index (χ0n) is 15.4. The van der Waals surface area contributed by atoms with E-state index in [0.717, 1.165) is 18.9 Å². The van der Waals surface area contributed by atoms with E-state index in [9.17, 15) is 4.79 Å². The van der Waals surface area contributed by atoms with E-state index in [0.29, 0.717) is 12.1 Å². The highest BCUT2D eigenvalue weighted by Crippen LogP contribution is 2.22. The number of nitrogens with one attached hydrogen (secondary N) is 1. The lowest BCUT2D eigenvalue weighted by molar-refractivity contribution is 0.0935. The summed E-state index contributed by atoms with van der Waals surface area (Å²) in [6, 6.07) is 6.17. The third-order valence-corrected chi connectivity index (χ3v) is 5.34. The fraction of sp³-hybridized carbons (Fsp3) is 0.368. The van der Waals surface area contributed by atoms with Gasteiger partial charge < -0.3 is 9.88 Å². The van der Waals surface area contributed by atoms with E-state index < -0.39 is 0 Å². The molecule has 3 aromatic heterocycles. The van der Waals surface area contributed by atoms with Crippen LogP contribution in [0.2, 0.25) is 0 Å². The van der Waals surface area contributed by atoms with Crippen molar-refractivity contribution in [1.29, 1.82) is 0 Å². The average Bonchev–Trinajstić information content (AvgIpc) is 3.39. The van der Waals surface area contributed by atoms with Crippen molar-refractivity contribution in [2.45, 2.75) is 19.9 Å². The first-order valence-corrected chi connectivity index (χ1v) is 9.79. The lowest BCUT2D eigenvalue weighted by Crippen LogP contribution is -2.38. The van der Waals surface area contributed by atoms with E-state index in [1.54, 1.807) is 22.2 Å². The molecule has 0 bridgehead atoms. The molecular formula is C19H25N5OS. The summed E-state index contributed by atoms with van der Waals surface area (Å²) in [7, 11) is 1.84. The van der Waals surface area contributed by atoms with Crippen molar-refractivity contribution >= 4 is 17.2 Å². The van der Waals surface area contributed by atoms with Gasteiger partial charge in [0.1, 0.15) is 11.4 Å². The van der Waals surface area contributed by atoms with Gasteiger partial charge in [0.15, 0.2) is 0 Å². The third-order valence-electron chi connectivity index (χ3n) is 4.64. The molecule has 6 nitrogen and oxygen atoms in total. The minimum Gasteiger partial charge on any atom is -0.350 e. The van der Waals surface area contributed by atoms with E-state index in [1.165, 1.54) is 5.56 Å². The van der Waals surface area contributed by atoms with Gasteiger partial charge in [-0.3, -0.25) is 14.4 Å². The molecule has 1 N–H and O–H groups in total. The van der Waals surface area contributed by atoms with Crippen LogP contribution in [0.15, 0.2) is 47.5 Å². The maximum atomic E-state index is 12.9. The number of aromatic nitrogens is 3. The summed E-state index contributed by atoms with van der Waals surface area (Å²) in [4.78, 5) is 15.2. The third kappa shape index (κ3) is 3.73. The predicted octanol–water partition coefficient (Wildman–Crippen LogP) is 3.09. The Hall–Kier alpha value is -2.38. The Balaban J connectivity index is 1.78. The molecule has 0 aromatic carbocycles. The van der Waals surface area contributed by atoms with Gasteiger partial charge in [0.05, 0.1) is 12.2 Å². The smallest absolute Gasteiger partial charge is 0.256 e. The summed E-state index contributed by atoms with van der Waals surface area (Å²) in [6.45, 7) is 6.74. The maximum Gasteiger partial charge on any atom is 0.256 e. The highest BCUT2D eigenvalue weighted by atomic mass is 32.1. The van der Waals surface area contributed by atoms with Crippen LogP contribution in [0.5, 0.6) is 0 Å². The first kappa shape index (κ1) is 18.4. The summed E-state index contributed by atoms with van der Waals surface area (Å²) >= 11 is 1.68. The second-order valence-corrected chi connectivity index (χ2v) is 6.88. The van der Waals surface area contributed by atoms with Crippen molar-refractivity contribution in [3.05, 3.63) is 58.7 Å². The number of hydrogen-bond acceptors (Lipinski definition) is 4. The van der Waals surface area contributed by atoms with Gasteiger partial charge in [-0.05, 0) is 47.6 Å². The van der Waals surface area contributed by atoms with E-state index >= 15 is 0 Å². The summed E-state index contributed by atoms with van der Waals surface area (Å²) in [5.74, 6) is 0.664. The maximum absolute atomic E-state index is 12.9. The molecule has 3 heterocycles. The van der Waals surface area contributed by atoms with E-state index in [-0.39, 0.29) is 11.9 Å². The predicted molar refractivity (Wildman–Crippen MR) is 105 cm³/mol. The number of nitrogens with zero attached hydrogens (tertiary/aromatic N) is 4.